The molecule has 0 radical (unpaired) electrons. The predicted molar refractivity (Wildman–Crippen MR) is 81.7 cm³/mol. The molecule has 2 rings (SSSR count). The van der Waals surface area contributed by atoms with Crippen molar-refractivity contribution in [2.24, 2.45) is 0 Å². The Morgan fingerprint density at radius 2 is 1.68 bits per heavy atom. The molecule has 1 aliphatic carbocycles. The molecule has 1 aromatic heterocycles. The van der Waals surface area contributed by atoms with Gasteiger partial charge in [-0.05, 0) is 39.8 Å². The van der Waals surface area contributed by atoms with Crippen molar-refractivity contribution in [1.82, 2.24) is 15.3 Å². The summed E-state index contributed by atoms with van der Waals surface area (Å²) in [5.74, 6) is 0. The summed E-state index contributed by atoms with van der Waals surface area (Å²) in [6.07, 6.45) is 7.99. The fourth-order valence-electron chi connectivity index (χ4n) is 2.80. The zero-order valence-corrected chi connectivity index (χ0v) is 13.1. The van der Waals surface area contributed by atoms with E-state index >= 15 is 0 Å². The van der Waals surface area contributed by atoms with Crippen LogP contribution in [0.4, 0.5) is 0 Å². The number of nitrogens with zero attached hydrogens (tertiary/aromatic N) is 2. The van der Waals surface area contributed by atoms with Crippen molar-refractivity contribution in [1.29, 1.82) is 0 Å². The number of hydrogen-bond donors (Lipinski definition) is 1. The molecule has 1 N–H and O–H groups in total. The van der Waals surface area contributed by atoms with Crippen LogP contribution < -0.4 is 5.32 Å². The van der Waals surface area contributed by atoms with Crippen molar-refractivity contribution in [2.75, 3.05) is 7.05 Å². The van der Waals surface area contributed by atoms with Gasteiger partial charge in [0.15, 0.2) is 5.16 Å². The normalized spacial score (nSPS) is 24.8. The van der Waals surface area contributed by atoms with Crippen molar-refractivity contribution in [2.45, 2.75) is 68.8 Å². The number of nitrogens with one attached hydrogen (secondary N) is 1. The maximum Gasteiger partial charge on any atom is 0.188 e. The largest absolute Gasteiger partial charge is 0.316 e. The third kappa shape index (κ3) is 4.46. The molecule has 2 unspecified atom stereocenters. The molecule has 0 aliphatic heterocycles. The molecule has 0 aromatic carbocycles. The Labute approximate surface area is 121 Å². The van der Waals surface area contributed by atoms with Gasteiger partial charge in [-0.15, -0.1) is 0 Å². The fourth-order valence-corrected chi connectivity index (χ4v) is 4.19. The van der Waals surface area contributed by atoms with Crippen molar-refractivity contribution in [3.05, 3.63) is 17.5 Å². The summed E-state index contributed by atoms with van der Waals surface area (Å²) in [6, 6.07) is 2.63. The van der Waals surface area contributed by atoms with Crippen LogP contribution >= 0.6 is 11.8 Å². The van der Waals surface area contributed by atoms with Gasteiger partial charge in [0.2, 0.25) is 0 Å². The molecule has 1 aliphatic rings. The average molecular weight is 279 g/mol. The van der Waals surface area contributed by atoms with Gasteiger partial charge in [-0.1, -0.05) is 37.4 Å². The van der Waals surface area contributed by atoms with E-state index in [0.29, 0.717) is 11.3 Å². The summed E-state index contributed by atoms with van der Waals surface area (Å²) in [7, 11) is 2.09. The Morgan fingerprint density at radius 3 is 2.32 bits per heavy atom. The molecule has 1 fully saturated rings. The molecule has 106 valence electrons. The third-order valence-electron chi connectivity index (χ3n) is 3.79. The summed E-state index contributed by atoms with van der Waals surface area (Å²) in [6.45, 7) is 4.10. The van der Waals surface area contributed by atoms with Crippen LogP contribution in [-0.4, -0.2) is 28.3 Å². The summed E-state index contributed by atoms with van der Waals surface area (Å²) < 4.78 is 0. The average Bonchev–Trinajstić information content (AvgIpc) is 2.32. The smallest absolute Gasteiger partial charge is 0.188 e. The minimum absolute atomic E-state index is 0.592. The lowest BCUT2D eigenvalue weighted by molar-refractivity contribution is 0.420. The van der Waals surface area contributed by atoms with Crippen molar-refractivity contribution >= 4 is 11.8 Å². The van der Waals surface area contributed by atoms with Crippen molar-refractivity contribution in [3.63, 3.8) is 0 Å². The highest BCUT2D eigenvalue weighted by Gasteiger charge is 2.23. The zero-order valence-electron chi connectivity index (χ0n) is 12.3. The first-order chi connectivity index (χ1) is 9.19. The molecule has 4 heteroatoms. The first-order valence-electron chi connectivity index (χ1n) is 7.35. The van der Waals surface area contributed by atoms with Crippen LogP contribution in [0.25, 0.3) is 0 Å². The monoisotopic (exact) mass is 279 g/mol. The predicted octanol–water partition coefficient (Wildman–Crippen LogP) is 3.50. The van der Waals surface area contributed by atoms with Crippen molar-refractivity contribution < 1.29 is 0 Å². The van der Waals surface area contributed by atoms with Gasteiger partial charge >= 0.3 is 0 Å². The van der Waals surface area contributed by atoms with Crippen LogP contribution in [0.1, 0.15) is 49.9 Å². The SMILES string of the molecule is CNC1CCCCCCC1Sc1nc(C)cc(C)n1. The Morgan fingerprint density at radius 1 is 1.05 bits per heavy atom. The van der Waals surface area contributed by atoms with Gasteiger partial charge in [0.1, 0.15) is 0 Å². The molecule has 0 bridgehead atoms. The molecule has 1 aromatic rings. The molecular formula is C15H25N3S. The van der Waals surface area contributed by atoms with Crippen molar-refractivity contribution in [3.8, 4) is 0 Å². The number of thioether (sulfide) groups is 1. The van der Waals surface area contributed by atoms with E-state index in [-0.39, 0.29) is 0 Å². The van der Waals surface area contributed by atoms with Gasteiger partial charge in [0, 0.05) is 22.7 Å². The van der Waals surface area contributed by atoms with Crippen LogP contribution in [0.2, 0.25) is 0 Å². The maximum atomic E-state index is 4.57. The molecule has 3 nitrogen and oxygen atoms in total. The Kier molecular flexibility index (Phi) is 5.64. The molecule has 1 heterocycles. The van der Waals surface area contributed by atoms with E-state index in [2.05, 4.69) is 22.3 Å². The molecule has 19 heavy (non-hydrogen) atoms. The van der Waals surface area contributed by atoms with Gasteiger partial charge in [-0.2, -0.15) is 0 Å². The number of aromatic nitrogens is 2. The van der Waals surface area contributed by atoms with Crippen LogP contribution in [-0.2, 0) is 0 Å². The van der Waals surface area contributed by atoms with Gasteiger partial charge in [0.05, 0.1) is 0 Å². The molecule has 1 saturated carbocycles. The minimum atomic E-state index is 0.592. The van der Waals surface area contributed by atoms with Gasteiger partial charge in [-0.25, -0.2) is 9.97 Å². The number of hydrogen-bond acceptors (Lipinski definition) is 4. The standard InChI is InChI=1S/C15H25N3S/c1-11-10-12(2)18-15(17-11)19-14-9-7-5-4-6-8-13(14)16-3/h10,13-14,16H,4-9H2,1-3H3. The van der Waals surface area contributed by atoms with E-state index in [4.69, 9.17) is 0 Å². The van der Waals surface area contributed by atoms with E-state index in [1.807, 2.05) is 31.7 Å². The van der Waals surface area contributed by atoms with E-state index < -0.39 is 0 Å². The Hall–Kier alpha value is -0.610. The highest BCUT2D eigenvalue weighted by molar-refractivity contribution is 7.99. The summed E-state index contributed by atoms with van der Waals surface area (Å²) in [5.41, 5.74) is 2.14. The quantitative estimate of drug-likeness (QED) is 0.859. The molecule has 0 saturated heterocycles. The third-order valence-corrected chi connectivity index (χ3v) is 5.05. The van der Waals surface area contributed by atoms with Gasteiger partial charge in [-0.3, -0.25) is 0 Å². The lowest BCUT2D eigenvalue weighted by Gasteiger charge is -2.28. The van der Waals surface area contributed by atoms with E-state index in [0.717, 1.165) is 16.5 Å². The summed E-state index contributed by atoms with van der Waals surface area (Å²) in [5, 5.41) is 5.05. The second kappa shape index (κ2) is 7.25. The van der Waals surface area contributed by atoms with E-state index in [9.17, 15) is 0 Å². The number of rotatable bonds is 3. The molecule has 0 spiro atoms. The highest BCUT2D eigenvalue weighted by atomic mass is 32.2. The van der Waals surface area contributed by atoms with E-state index in [1.54, 1.807) is 0 Å². The van der Waals surface area contributed by atoms with Crippen LogP contribution in [0.5, 0.6) is 0 Å². The second-order valence-electron chi connectivity index (χ2n) is 5.48. The molecule has 0 amide bonds. The summed E-state index contributed by atoms with van der Waals surface area (Å²) >= 11 is 1.86. The fraction of sp³-hybridized carbons (Fsp3) is 0.733. The van der Waals surface area contributed by atoms with Crippen LogP contribution in [0.3, 0.4) is 0 Å². The Bertz CT molecular complexity index is 388. The minimum Gasteiger partial charge on any atom is -0.316 e. The molecular weight excluding hydrogens is 254 g/mol. The van der Waals surface area contributed by atoms with Gasteiger partial charge in [0.25, 0.3) is 0 Å². The lowest BCUT2D eigenvalue weighted by Crippen LogP contribution is -2.36. The van der Waals surface area contributed by atoms with Crippen LogP contribution in [0.15, 0.2) is 11.2 Å². The highest BCUT2D eigenvalue weighted by Crippen LogP contribution is 2.30. The zero-order chi connectivity index (χ0) is 13.7. The maximum absolute atomic E-state index is 4.57. The number of aryl methyl sites for hydroxylation is 2. The first kappa shape index (κ1) is 14.8. The lowest BCUT2D eigenvalue weighted by atomic mass is 9.96. The van der Waals surface area contributed by atoms with Crippen LogP contribution in [0, 0.1) is 13.8 Å². The molecule has 2 atom stereocenters. The summed E-state index contributed by atoms with van der Waals surface area (Å²) in [4.78, 5) is 9.15. The topological polar surface area (TPSA) is 37.8 Å². The van der Waals surface area contributed by atoms with E-state index in [1.165, 1.54) is 38.5 Å². The Balaban J connectivity index is 2.08. The second-order valence-corrected chi connectivity index (χ2v) is 6.68. The van der Waals surface area contributed by atoms with Gasteiger partial charge < -0.3 is 5.32 Å². The first-order valence-corrected chi connectivity index (χ1v) is 8.23.